The van der Waals surface area contributed by atoms with Crippen molar-refractivity contribution in [3.63, 3.8) is 0 Å². The summed E-state index contributed by atoms with van der Waals surface area (Å²) in [4.78, 5) is 0. The summed E-state index contributed by atoms with van der Waals surface area (Å²) in [7, 11) is 0. The zero-order valence-electron chi connectivity index (χ0n) is 10.3. The Labute approximate surface area is 135 Å². The van der Waals surface area contributed by atoms with E-state index >= 15 is 0 Å². The minimum Gasteiger partial charge on any atom is -0.199 e. The second-order valence-electron chi connectivity index (χ2n) is 4.29. The van der Waals surface area contributed by atoms with Gasteiger partial charge in [0.2, 0.25) is 0 Å². The van der Waals surface area contributed by atoms with Crippen LogP contribution in [0.2, 0.25) is 0 Å². The van der Waals surface area contributed by atoms with Crippen molar-refractivity contribution in [2.45, 2.75) is 46.1 Å². The fourth-order valence-electron chi connectivity index (χ4n) is 1.16. The van der Waals surface area contributed by atoms with Gasteiger partial charge in [0.1, 0.15) is 6.42 Å². The lowest BCUT2D eigenvalue weighted by molar-refractivity contribution is -0.419. The Kier molecular flexibility index (Phi) is 5.77. The molecule has 0 aromatic rings. The molecule has 24 heavy (non-hydrogen) atoms. The summed E-state index contributed by atoms with van der Waals surface area (Å²) in [5, 5.41) is 0. The lowest BCUT2D eigenvalue weighted by Gasteiger charge is -2.40. The molecule has 0 aromatic heterocycles. The monoisotopic (exact) mass is 510 g/mol. The Morgan fingerprint density at radius 1 is 0.458 bits per heavy atom. The first-order chi connectivity index (χ1) is 9.96. The van der Waals surface area contributed by atoms with Crippen molar-refractivity contribution in [3.8, 4) is 0 Å². The Morgan fingerprint density at radius 3 is 1.00 bits per heavy atom. The van der Waals surface area contributed by atoms with Crippen molar-refractivity contribution < 1.29 is 65.9 Å². The van der Waals surface area contributed by atoms with Gasteiger partial charge in [-0.15, -0.1) is 0 Å². The first-order valence-electron chi connectivity index (χ1n) is 4.98. The lowest BCUT2D eigenvalue weighted by atomic mass is 9.93. The van der Waals surface area contributed by atoms with E-state index in [2.05, 4.69) is 0 Å². The highest BCUT2D eigenvalue weighted by molar-refractivity contribution is 14.1. The van der Waals surface area contributed by atoms with Crippen LogP contribution in [0.25, 0.3) is 0 Å². The second kappa shape index (κ2) is 5.85. The van der Waals surface area contributed by atoms with Gasteiger partial charge in [0.25, 0.3) is 0 Å². The average Bonchev–Trinajstić information content (AvgIpc) is 2.22. The van der Waals surface area contributed by atoms with Crippen LogP contribution in [0.15, 0.2) is 0 Å². The maximum absolute atomic E-state index is 12.9. The third kappa shape index (κ3) is 3.61. The standard InChI is InChI=1S/C8H2F15I/c9-2(10,1-3(11,12)13)4(14,15)5(16,17)6(18,19)7(20,21)8(22,23)24/h1H2. The average molecular weight is 510 g/mol. The van der Waals surface area contributed by atoms with Crippen LogP contribution in [-0.2, 0) is 0 Å². The first-order valence-corrected chi connectivity index (χ1v) is 6.06. The molecule has 0 fully saturated rings. The van der Waals surface area contributed by atoms with E-state index in [1.807, 2.05) is 0 Å². The SMILES string of the molecule is FC(F)(F)CC(F)(F)C(F)(F)C(F)(F)C(F)(F)C(F)(F)C(F)(F)I. The predicted octanol–water partition coefficient (Wildman–Crippen LogP) is 6.14. The van der Waals surface area contributed by atoms with Crippen LogP contribution in [0.4, 0.5) is 65.9 Å². The van der Waals surface area contributed by atoms with Crippen molar-refractivity contribution >= 4 is 22.6 Å². The summed E-state index contributed by atoms with van der Waals surface area (Å²) in [5.74, 6) is -37.9. The molecule has 0 aliphatic rings. The van der Waals surface area contributed by atoms with Crippen molar-refractivity contribution in [1.82, 2.24) is 0 Å². The van der Waals surface area contributed by atoms with Gasteiger partial charge in [-0.2, -0.15) is 65.9 Å². The fraction of sp³-hybridized carbons (Fsp3) is 1.00. The molecule has 0 heterocycles. The molecule has 0 radical (unpaired) electrons. The molecule has 0 saturated heterocycles. The molecule has 0 rings (SSSR count). The van der Waals surface area contributed by atoms with Crippen LogP contribution < -0.4 is 0 Å². The van der Waals surface area contributed by atoms with E-state index in [-0.39, 0.29) is 0 Å². The van der Waals surface area contributed by atoms with Gasteiger partial charge in [0.05, 0.1) is 0 Å². The normalized spacial score (nSPS) is 16.5. The molecule has 0 aliphatic carbocycles. The molecule has 0 unspecified atom stereocenters. The molecule has 0 bridgehead atoms. The van der Waals surface area contributed by atoms with Crippen molar-refractivity contribution in [2.75, 3.05) is 0 Å². The molecule has 0 atom stereocenters. The van der Waals surface area contributed by atoms with Gasteiger partial charge in [-0.05, 0) is 0 Å². The molecule has 0 spiro atoms. The number of halogens is 16. The molecule has 0 aliphatic heterocycles. The van der Waals surface area contributed by atoms with E-state index in [0.29, 0.717) is 0 Å². The molecule has 16 heteroatoms. The van der Waals surface area contributed by atoms with Gasteiger partial charge in [-0.1, -0.05) is 0 Å². The van der Waals surface area contributed by atoms with E-state index < -0.39 is 68.7 Å². The third-order valence-electron chi connectivity index (χ3n) is 2.42. The molecule has 0 saturated carbocycles. The van der Waals surface area contributed by atoms with Crippen molar-refractivity contribution in [1.29, 1.82) is 0 Å². The Balaban J connectivity index is 6.21. The van der Waals surface area contributed by atoms with Crippen LogP contribution >= 0.6 is 22.6 Å². The van der Waals surface area contributed by atoms with Crippen molar-refractivity contribution in [3.05, 3.63) is 0 Å². The summed E-state index contributed by atoms with van der Waals surface area (Å²) in [5.41, 5.74) is 0. The molecule has 0 amide bonds. The van der Waals surface area contributed by atoms with Crippen LogP contribution in [-0.4, -0.2) is 39.7 Å². The van der Waals surface area contributed by atoms with Gasteiger partial charge >= 0.3 is 39.7 Å². The second-order valence-corrected chi connectivity index (χ2v) is 5.65. The van der Waals surface area contributed by atoms with E-state index in [4.69, 9.17) is 0 Å². The number of hydrogen-bond donors (Lipinski definition) is 0. The molecule has 0 nitrogen and oxygen atoms in total. The summed E-state index contributed by atoms with van der Waals surface area (Å²) in [6.07, 6.45) is -10.4. The fourth-order valence-corrected chi connectivity index (χ4v) is 1.50. The molecular weight excluding hydrogens is 508 g/mol. The van der Waals surface area contributed by atoms with E-state index in [0.717, 1.165) is 0 Å². The summed E-state index contributed by atoms with van der Waals surface area (Å²) < 4.78 is 181. The third-order valence-corrected chi connectivity index (χ3v) is 3.10. The molecule has 0 N–H and O–H groups in total. The smallest absolute Gasteiger partial charge is 0.199 e. The van der Waals surface area contributed by atoms with Gasteiger partial charge < -0.3 is 0 Å². The Bertz CT molecular complexity index is 455. The molecular formula is C8H2F15I. The highest BCUT2D eigenvalue weighted by Crippen LogP contribution is 2.62. The maximum Gasteiger partial charge on any atom is 0.395 e. The lowest BCUT2D eigenvalue weighted by Crippen LogP contribution is -2.70. The van der Waals surface area contributed by atoms with Crippen LogP contribution in [0.5, 0.6) is 0 Å². The molecule has 0 aromatic carbocycles. The first kappa shape index (κ1) is 23.7. The highest BCUT2D eigenvalue weighted by Gasteiger charge is 2.90. The number of hydrogen-bond acceptors (Lipinski definition) is 0. The van der Waals surface area contributed by atoms with Gasteiger partial charge in [0.15, 0.2) is 0 Å². The van der Waals surface area contributed by atoms with Crippen LogP contribution in [0.3, 0.4) is 0 Å². The predicted molar refractivity (Wildman–Crippen MR) is 54.4 cm³/mol. The summed E-state index contributed by atoms with van der Waals surface area (Å²) in [6.45, 7) is 0. The van der Waals surface area contributed by atoms with E-state index in [1.54, 1.807) is 0 Å². The van der Waals surface area contributed by atoms with Gasteiger partial charge in [-0.25, -0.2) is 0 Å². The van der Waals surface area contributed by atoms with E-state index in [1.165, 1.54) is 0 Å². The minimum absolute atomic E-state index is 0.853. The summed E-state index contributed by atoms with van der Waals surface area (Å²) >= 11 is -0.853. The maximum atomic E-state index is 12.9. The highest BCUT2D eigenvalue weighted by atomic mass is 127. The van der Waals surface area contributed by atoms with Gasteiger partial charge in [-0.3, -0.25) is 0 Å². The largest absolute Gasteiger partial charge is 0.395 e. The van der Waals surface area contributed by atoms with Crippen LogP contribution in [0, 0.1) is 0 Å². The minimum atomic E-state index is -7.97. The quantitative estimate of drug-likeness (QED) is 0.229. The Morgan fingerprint density at radius 2 is 0.750 bits per heavy atom. The number of rotatable bonds is 6. The van der Waals surface area contributed by atoms with Crippen molar-refractivity contribution in [2.24, 2.45) is 0 Å². The van der Waals surface area contributed by atoms with E-state index in [9.17, 15) is 65.9 Å². The molecule has 146 valence electrons. The zero-order chi connectivity index (χ0) is 20.2. The Hall–Kier alpha value is -0.320. The topological polar surface area (TPSA) is 0 Å². The summed E-state index contributed by atoms with van der Waals surface area (Å²) in [6, 6.07) is 0. The zero-order valence-corrected chi connectivity index (χ0v) is 12.4. The van der Waals surface area contributed by atoms with Gasteiger partial charge in [0, 0.05) is 22.6 Å². The van der Waals surface area contributed by atoms with Crippen LogP contribution in [0.1, 0.15) is 6.42 Å². The number of alkyl halides is 16.